The zero-order valence-corrected chi connectivity index (χ0v) is 11.4. The van der Waals surface area contributed by atoms with Gasteiger partial charge in [-0.15, -0.1) is 0 Å². The molecule has 1 fully saturated rings. The summed E-state index contributed by atoms with van der Waals surface area (Å²) in [5, 5.41) is 0. The maximum absolute atomic E-state index is 5.91. The van der Waals surface area contributed by atoms with Gasteiger partial charge in [0.25, 0.3) is 0 Å². The predicted octanol–water partition coefficient (Wildman–Crippen LogP) is 1.64. The number of hydrogen-bond donors (Lipinski definition) is 0. The van der Waals surface area contributed by atoms with Crippen LogP contribution in [0.25, 0.3) is 0 Å². The Bertz CT molecular complexity index is 396. The molecule has 1 aliphatic heterocycles. The average molecular weight is 237 g/mol. The van der Waals surface area contributed by atoms with Crippen molar-refractivity contribution in [2.45, 2.75) is 38.9 Å². The van der Waals surface area contributed by atoms with E-state index in [4.69, 9.17) is 13.7 Å². The molecule has 0 aromatic carbocycles. The second-order valence-electron chi connectivity index (χ2n) is 5.69. The molecule has 2 heterocycles. The van der Waals surface area contributed by atoms with Crippen molar-refractivity contribution in [3.8, 4) is 0 Å². The Kier molecular flexibility index (Phi) is 2.79. The molecule has 0 radical (unpaired) electrons. The minimum Gasteiger partial charge on any atom is -0.471 e. The molecule has 1 aromatic heterocycles. The molecule has 2 rings (SSSR count). The standard InChI is InChI=1S/C12H20BNO3/c1-11(2)12(3,4)17-13(16-11)10-7-9(8-15-10)14(5)6/h7-8H,1-6H3. The van der Waals surface area contributed by atoms with Gasteiger partial charge in [-0.25, -0.2) is 0 Å². The van der Waals surface area contributed by atoms with Crippen molar-refractivity contribution >= 4 is 18.5 Å². The summed E-state index contributed by atoms with van der Waals surface area (Å²) in [6.07, 6.45) is 1.71. The first kappa shape index (κ1) is 12.5. The lowest BCUT2D eigenvalue weighted by Crippen LogP contribution is -2.41. The van der Waals surface area contributed by atoms with Gasteiger partial charge in [-0.2, -0.15) is 0 Å². The SMILES string of the molecule is CN(C)c1coc(B2OC(C)(C)C(C)(C)O2)c1. The third-order valence-corrected chi connectivity index (χ3v) is 3.61. The Labute approximate surface area is 103 Å². The van der Waals surface area contributed by atoms with Gasteiger partial charge in [0.15, 0.2) is 0 Å². The Balaban J connectivity index is 2.20. The highest BCUT2D eigenvalue weighted by molar-refractivity contribution is 6.60. The lowest BCUT2D eigenvalue weighted by molar-refractivity contribution is 0.00578. The predicted molar refractivity (Wildman–Crippen MR) is 68.8 cm³/mol. The van der Waals surface area contributed by atoms with Crippen LogP contribution in [0.1, 0.15) is 27.7 Å². The molecule has 0 unspecified atom stereocenters. The van der Waals surface area contributed by atoms with Gasteiger partial charge in [-0.05, 0) is 33.8 Å². The van der Waals surface area contributed by atoms with Crippen molar-refractivity contribution in [1.82, 2.24) is 0 Å². The minimum absolute atomic E-state index is 0.331. The van der Waals surface area contributed by atoms with Crippen molar-refractivity contribution in [2.75, 3.05) is 19.0 Å². The first-order valence-electron chi connectivity index (χ1n) is 5.84. The molecular formula is C12H20BNO3. The Morgan fingerprint density at radius 3 is 2.00 bits per heavy atom. The minimum atomic E-state index is -0.423. The first-order valence-corrected chi connectivity index (χ1v) is 5.84. The van der Waals surface area contributed by atoms with Crippen LogP contribution in [0.15, 0.2) is 16.7 Å². The van der Waals surface area contributed by atoms with Crippen LogP contribution in [0.5, 0.6) is 0 Å². The molecule has 0 aliphatic carbocycles. The molecule has 0 saturated carbocycles. The van der Waals surface area contributed by atoms with Crippen LogP contribution in [0.3, 0.4) is 0 Å². The number of anilines is 1. The summed E-state index contributed by atoms with van der Waals surface area (Å²) in [4.78, 5) is 1.98. The van der Waals surface area contributed by atoms with Crippen molar-refractivity contribution in [3.05, 3.63) is 12.3 Å². The molecule has 0 N–H and O–H groups in total. The molecule has 0 amide bonds. The summed E-state index contributed by atoms with van der Waals surface area (Å²) in [5.41, 5.74) is 1.06. The number of hydrogen-bond acceptors (Lipinski definition) is 4. The third kappa shape index (κ3) is 2.09. The first-order chi connectivity index (χ1) is 7.73. The van der Waals surface area contributed by atoms with E-state index in [2.05, 4.69) is 0 Å². The third-order valence-electron chi connectivity index (χ3n) is 3.61. The summed E-state index contributed by atoms with van der Waals surface area (Å²) >= 11 is 0. The van der Waals surface area contributed by atoms with Crippen LogP contribution in [0.2, 0.25) is 0 Å². The second kappa shape index (κ2) is 3.78. The fourth-order valence-corrected chi connectivity index (χ4v) is 1.66. The van der Waals surface area contributed by atoms with E-state index in [1.165, 1.54) is 0 Å². The van der Waals surface area contributed by atoms with Gasteiger partial charge in [0, 0.05) is 14.1 Å². The fourth-order valence-electron chi connectivity index (χ4n) is 1.66. The highest BCUT2D eigenvalue weighted by Crippen LogP contribution is 2.36. The Morgan fingerprint density at radius 2 is 1.59 bits per heavy atom. The van der Waals surface area contributed by atoms with Crippen LogP contribution in [0, 0.1) is 0 Å². The molecule has 0 atom stereocenters. The molecule has 1 aromatic rings. The van der Waals surface area contributed by atoms with Crippen LogP contribution in [-0.4, -0.2) is 32.4 Å². The number of rotatable bonds is 2. The second-order valence-corrected chi connectivity index (χ2v) is 5.69. The maximum Gasteiger partial charge on any atom is 0.532 e. The normalized spacial score (nSPS) is 21.9. The maximum atomic E-state index is 5.91. The van der Waals surface area contributed by atoms with E-state index >= 15 is 0 Å². The van der Waals surface area contributed by atoms with Gasteiger partial charge in [0.2, 0.25) is 0 Å². The summed E-state index contributed by atoms with van der Waals surface area (Å²) < 4.78 is 17.3. The van der Waals surface area contributed by atoms with Crippen molar-refractivity contribution < 1.29 is 13.7 Å². The fraction of sp³-hybridized carbons (Fsp3) is 0.667. The van der Waals surface area contributed by atoms with Crippen LogP contribution in [-0.2, 0) is 9.31 Å². The quantitative estimate of drug-likeness (QED) is 0.732. The van der Waals surface area contributed by atoms with Crippen LogP contribution < -0.4 is 10.6 Å². The molecule has 94 valence electrons. The van der Waals surface area contributed by atoms with E-state index in [0.29, 0.717) is 5.66 Å². The summed E-state index contributed by atoms with van der Waals surface area (Å²) in [7, 11) is 3.52. The summed E-state index contributed by atoms with van der Waals surface area (Å²) in [6.45, 7) is 8.12. The van der Waals surface area contributed by atoms with Crippen LogP contribution >= 0.6 is 0 Å². The van der Waals surface area contributed by atoms with E-state index in [1.54, 1.807) is 6.26 Å². The Morgan fingerprint density at radius 1 is 1.06 bits per heavy atom. The molecule has 1 aliphatic rings. The van der Waals surface area contributed by atoms with Crippen molar-refractivity contribution in [1.29, 1.82) is 0 Å². The van der Waals surface area contributed by atoms with Gasteiger partial charge >= 0.3 is 7.12 Å². The molecule has 0 spiro atoms. The molecule has 4 nitrogen and oxygen atoms in total. The van der Waals surface area contributed by atoms with E-state index in [-0.39, 0.29) is 11.2 Å². The van der Waals surface area contributed by atoms with E-state index in [9.17, 15) is 0 Å². The zero-order valence-electron chi connectivity index (χ0n) is 11.4. The average Bonchev–Trinajstić information content (AvgIpc) is 2.70. The van der Waals surface area contributed by atoms with Gasteiger partial charge < -0.3 is 18.6 Å². The molecule has 0 bridgehead atoms. The van der Waals surface area contributed by atoms with Crippen LogP contribution in [0.4, 0.5) is 5.69 Å². The number of furan rings is 1. The largest absolute Gasteiger partial charge is 0.532 e. The molecular weight excluding hydrogens is 217 g/mol. The van der Waals surface area contributed by atoms with E-state index < -0.39 is 7.12 Å². The van der Waals surface area contributed by atoms with E-state index in [1.807, 2.05) is 52.8 Å². The molecule has 5 heteroatoms. The number of nitrogens with zero attached hydrogens (tertiary/aromatic N) is 1. The van der Waals surface area contributed by atoms with Crippen molar-refractivity contribution in [3.63, 3.8) is 0 Å². The Hall–Kier alpha value is -0.935. The van der Waals surface area contributed by atoms with Gasteiger partial charge in [0.1, 0.15) is 11.9 Å². The van der Waals surface area contributed by atoms with Gasteiger partial charge in [0.05, 0.1) is 16.9 Å². The summed E-state index contributed by atoms with van der Waals surface area (Å²) in [5.74, 6) is 0. The molecule has 1 saturated heterocycles. The van der Waals surface area contributed by atoms with E-state index in [0.717, 1.165) is 5.69 Å². The highest BCUT2D eigenvalue weighted by Gasteiger charge is 2.53. The lowest BCUT2D eigenvalue weighted by Gasteiger charge is -2.32. The smallest absolute Gasteiger partial charge is 0.471 e. The van der Waals surface area contributed by atoms with Crippen molar-refractivity contribution in [2.24, 2.45) is 0 Å². The topological polar surface area (TPSA) is 34.8 Å². The highest BCUT2D eigenvalue weighted by atomic mass is 16.7. The lowest BCUT2D eigenvalue weighted by atomic mass is 9.86. The monoisotopic (exact) mass is 237 g/mol. The summed E-state index contributed by atoms with van der Waals surface area (Å²) in [6, 6.07) is 1.95. The molecule has 17 heavy (non-hydrogen) atoms. The van der Waals surface area contributed by atoms with Gasteiger partial charge in [-0.3, -0.25) is 0 Å². The zero-order chi connectivity index (χ0) is 12.8. The van der Waals surface area contributed by atoms with Gasteiger partial charge in [-0.1, -0.05) is 0 Å².